The van der Waals surface area contributed by atoms with Gasteiger partial charge >= 0.3 is 0 Å². The molecule has 0 bridgehead atoms. The summed E-state index contributed by atoms with van der Waals surface area (Å²) < 4.78 is 5.56. The second kappa shape index (κ2) is 12.4. The predicted octanol–water partition coefficient (Wildman–Crippen LogP) is 2.13. The van der Waals surface area contributed by atoms with Crippen LogP contribution in [0.25, 0.3) is 0 Å². The molecule has 3 heterocycles. The smallest absolute Gasteiger partial charge is 0.248 e. The van der Waals surface area contributed by atoms with Crippen LogP contribution in [0.15, 0.2) is 18.3 Å². The summed E-state index contributed by atoms with van der Waals surface area (Å²) in [4.78, 5) is 45.3. The van der Waals surface area contributed by atoms with Crippen LogP contribution in [0.5, 0.6) is 0 Å². The van der Waals surface area contributed by atoms with Gasteiger partial charge in [0.2, 0.25) is 18.2 Å². The lowest BCUT2D eigenvalue weighted by Gasteiger charge is -2.32. The number of unbranched alkanes of at least 4 members (excludes halogenated alkanes) is 1. The van der Waals surface area contributed by atoms with E-state index in [1.807, 2.05) is 0 Å². The molecule has 3 atom stereocenters. The molecule has 0 aromatic carbocycles. The number of hydrogen-bond donors (Lipinski definition) is 1. The van der Waals surface area contributed by atoms with E-state index in [1.54, 1.807) is 17.0 Å². The lowest BCUT2D eigenvalue weighted by Crippen LogP contribution is -2.48. The molecule has 10 nitrogen and oxygen atoms in total. The first kappa shape index (κ1) is 24.1. The summed E-state index contributed by atoms with van der Waals surface area (Å²) >= 11 is 0. The third-order valence-electron chi connectivity index (χ3n) is 5.83. The summed E-state index contributed by atoms with van der Waals surface area (Å²) in [7, 11) is 0. The molecule has 0 saturated carbocycles. The highest BCUT2D eigenvalue weighted by Crippen LogP contribution is 2.24. The SMILES string of the molecule is CCCCC(CN(C=O)OC1CCCCO1)C(=O)N1CCCC1C(=O)Nc1cccnn1. The summed E-state index contributed by atoms with van der Waals surface area (Å²) in [6.07, 6.45) is 8.05. The van der Waals surface area contributed by atoms with E-state index in [4.69, 9.17) is 9.57 Å². The van der Waals surface area contributed by atoms with Gasteiger partial charge in [-0.05, 0) is 44.2 Å². The van der Waals surface area contributed by atoms with Gasteiger partial charge in [-0.2, -0.15) is 5.10 Å². The number of likely N-dealkylation sites (tertiary alicyclic amines) is 1. The van der Waals surface area contributed by atoms with Crippen LogP contribution in [0.2, 0.25) is 0 Å². The zero-order valence-corrected chi connectivity index (χ0v) is 18.6. The molecule has 3 rings (SSSR count). The lowest BCUT2D eigenvalue weighted by molar-refractivity contribution is -0.276. The van der Waals surface area contributed by atoms with Crippen LogP contribution in [0.4, 0.5) is 5.82 Å². The van der Waals surface area contributed by atoms with Crippen LogP contribution in [0.1, 0.15) is 58.3 Å². The Labute approximate surface area is 188 Å². The molecule has 2 aliphatic heterocycles. The summed E-state index contributed by atoms with van der Waals surface area (Å²) in [5.74, 6) is -0.499. The van der Waals surface area contributed by atoms with E-state index in [0.717, 1.165) is 32.1 Å². The van der Waals surface area contributed by atoms with Gasteiger partial charge in [-0.25, -0.2) is 9.90 Å². The molecule has 0 aliphatic carbocycles. The molecule has 0 radical (unpaired) electrons. The number of hydroxylamine groups is 2. The predicted molar refractivity (Wildman–Crippen MR) is 116 cm³/mol. The third kappa shape index (κ3) is 6.70. The van der Waals surface area contributed by atoms with Crippen LogP contribution in [0, 0.1) is 5.92 Å². The fourth-order valence-electron chi connectivity index (χ4n) is 4.13. The highest BCUT2D eigenvalue weighted by molar-refractivity contribution is 5.97. The summed E-state index contributed by atoms with van der Waals surface area (Å²) in [6.45, 7) is 3.30. The topological polar surface area (TPSA) is 114 Å². The fourth-order valence-corrected chi connectivity index (χ4v) is 4.13. The van der Waals surface area contributed by atoms with Crippen LogP contribution in [-0.2, 0) is 24.0 Å². The van der Waals surface area contributed by atoms with Crippen molar-refractivity contribution in [1.29, 1.82) is 0 Å². The maximum absolute atomic E-state index is 13.5. The average molecular weight is 448 g/mol. The normalized spacial score (nSPS) is 21.7. The molecule has 10 heteroatoms. The van der Waals surface area contributed by atoms with Gasteiger partial charge in [0, 0.05) is 25.8 Å². The number of amides is 3. The van der Waals surface area contributed by atoms with Crippen LogP contribution < -0.4 is 5.32 Å². The summed E-state index contributed by atoms with van der Waals surface area (Å²) in [6, 6.07) is 2.77. The zero-order valence-electron chi connectivity index (χ0n) is 18.6. The minimum absolute atomic E-state index is 0.129. The van der Waals surface area contributed by atoms with Gasteiger partial charge in [0.25, 0.3) is 0 Å². The van der Waals surface area contributed by atoms with Gasteiger partial charge < -0.3 is 15.0 Å². The molecule has 1 N–H and O–H groups in total. The van der Waals surface area contributed by atoms with Gasteiger partial charge in [0.1, 0.15) is 6.04 Å². The second-order valence-corrected chi connectivity index (χ2v) is 8.23. The largest absolute Gasteiger partial charge is 0.350 e. The number of aromatic nitrogens is 2. The van der Waals surface area contributed by atoms with Crippen molar-refractivity contribution in [2.75, 3.05) is 25.0 Å². The van der Waals surface area contributed by atoms with Crippen molar-refractivity contribution in [3.05, 3.63) is 18.3 Å². The molecule has 0 spiro atoms. The van der Waals surface area contributed by atoms with Gasteiger partial charge in [-0.1, -0.05) is 19.8 Å². The highest BCUT2D eigenvalue weighted by atomic mass is 16.8. The molecule has 2 fully saturated rings. The lowest BCUT2D eigenvalue weighted by atomic mass is 9.99. The minimum atomic E-state index is -0.569. The van der Waals surface area contributed by atoms with E-state index in [2.05, 4.69) is 22.4 Å². The molecular weight excluding hydrogens is 414 g/mol. The Kier molecular flexibility index (Phi) is 9.36. The van der Waals surface area contributed by atoms with Gasteiger partial charge in [-0.3, -0.25) is 14.4 Å². The highest BCUT2D eigenvalue weighted by Gasteiger charge is 2.38. The average Bonchev–Trinajstić information content (AvgIpc) is 3.32. The van der Waals surface area contributed by atoms with Crippen molar-refractivity contribution in [2.45, 2.75) is 70.6 Å². The zero-order chi connectivity index (χ0) is 22.8. The number of ether oxygens (including phenoxy) is 1. The Morgan fingerprint density at radius 1 is 1.38 bits per heavy atom. The van der Waals surface area contributed by atoms with E-state index in [9.17, 15) is 14.4 Å². The minimum Gasteiger partial charge on any atom is -0.350 e. The van der Waals surface area contributed by atoms with Gasteiger partial charge in [0.05, 0.1) is 12.5 Å². The number of carbonyl (C=O) groups is 3. The number of nitrogens with zero attached hydrogens (tertiary/aromatic N) is 4. The molecular formula is C22H33N5O5. The first-order valence-corrected chi connectivity index (χ1v) is 11.5. The van der Waals surface area contributed by atoms with Crippen molar-refractivity contribution >= 4 is 24.0 Å². The Bertz CT molecular complexity index is 743. The summed E-state index contributed by atoms with van der Waals surface area (Å²) in [5, 5.41) is 11.6. The van der Waals surface area contributed by atoms with E-state index >= 15 is 0 Å². The molecule has 1 aromatic heterocycles. The fraction of sp³-hybridized carbons (Fsp3) is 0.682. The number of hydrogen-bond acceptors (Lipinski definition) is 7. The number of rotatable bonds is 11. The quantitative estimate of drug-likeness (QED) is 0.408. The molecule has 3 unspecified atom stereocenters. The van der Waals surface area contributed by atoms with E-state index in [-0.39, 0.29) is 18.4 Å². The molecule has 176 valence electrons. The maximum Gasteiger partial charge on any atom is 0.248 e. The van der Waals surface area contributed by atoms with Crippen LogP contribution >= 0.6 is 0 Å². The number of carbonyl (C=O) groups excluding carboxylic acids is 3. The summed E-state index contributed by atoms with van der Waals surface area (Å²) in [5.41, 5.74) is 0. The Morgan fingerprint density at radius 3 is 2.94 bits per heavy atom. The van der Waals surface area contributed by atoms with Gasteiger partial charge in [-0.15, -0.1) is 5.10 Å². The van der Waals surface area contributed by atoms with Crippen LogP contribution in [0.3, 0.4) is 0 Å². The Balaban J connectivity index is 1.64. The molecule has 1 aromatic rings. The molecule has 2 saturated heterocycles. The first-order chi connectivity index (χ1) is 15.6. The third-order valence-corrected chi connectivity index (χ3v) is 5.83. The van der Waals surface area contributed by atoms with Crippen molar-refractivity contribution in [1.82, 2.24) is 20.2 Å². The van der Waals surface area contributed by atoms with Gasteiger partial charge in [0.15, 0.2) is 12.1 Å². The Morgan fingerprint density at radius 2 is 2.25 bits per heavy atom. The Hall–Kier alpha value is -2.59. The van der Waals surface area contributed by atoms with Crippen molar-refractivity contribution in [3.63, 3.8) is 0 Å². The standard InChI is InChI=1S/C22H33N5O5/c1-2-3-8-17(15-26(16-28)32-20-11-4-5-14-31-20)22(30)27-13-7-9-18(27)21(29)24-19-10-6-12-23-25-19/h6,10,12,16-18,20H,2-5,7-9,11,13-15H2,1H3,(H,24,25,29). The number of nitrogens with one attached hydrogen (secondary N) is 1. The van der Waals surface area contributed by atoms with Crippen molar-refractivity contribution in [3.8, 4) is 0 Å². The first-order valence-electron chi connectivity index (χ1n) is 11.5. The molecule has 32 heavy (non-hydrogen) atoms. The monoisotopic (exact) mass is 447 g/mol. The molecule has 3 amide bonds. The number of anilines is 1. The van der Waals surface area contributed by atoms with Crippen LogP contribution in [-0.4, -0.2) is 70.4 Å². The molecule has 2 aliphatic rings. The second-order valence-electron chi connectivity index (χ2n) is 8.23. The van der Waals surface area contributed by atoms with E-state index < -0.39 is 18.2 Å². The maximum atomic E-state index is 13.5. The van der Waals surface area contributed by atoms with E-state index in [1.165, 1.54) is 11.3 Å². The van der Waals surface area contributed by atoms with E-state index in [0.29, 0.717) is 44.6 Å². The van der Waals surface area contributed by atoms with Crippen molar-refractivity contribution < 1.29 is 24.0 Å². The van der Waals surface area contributed by atoms with Crippen molar-refractivity contribution in [2.24, 2.45) is 5.92 Å².